The topological polar surface area (TPSA) is 297 Å². The summed E-state index contributed by atoms with van der Waals surface area (Å²) in [5, 5.41) is 59.5. The number of aromatic amines is 1. The molecule has 2 unspecified atom stereocenters. The first-order valence-electron chi connectivity index (χ1n) is 12.1. The van der Waals surface area contributed by atoms with Gasteiger partial charge in [-0.1, -0.05) is 30.3 Å². The number of rotatable bonds is 10. The van der Waals surface area contributed by atoms with E-state index < -0.39 is 95.4 Å². The molecule has 1 aromatic carbocycles. The van der Waals surface area contributed by atoms with Crippen LogP contribution in [0.5, 0.6) is 0 Å². The van der Waals surface area contributed by atoms with Gasteiger partial charge in [0, 0.05) is 6.20 Å². The monoisotopic (exact) mass is 642 g/mol. The molecule has 4 rings (SSSR count). The summed E-state index contributed by atoms with van der Waals surface area (Å²) < 4.78 is 48.9. The largest absolute Gasteiger partial charge is 0.483 e. The van der Waals surface area contributed by atoms with Crippen molar-refractivity contribution in [1.29, 1.82) is 0 Å². The van der Waals surface area contributed by atoms with Crippen molar-refractivity contribution in [3.63, 3.8) is 0 Å². The van der Waals surface area contributed by atoms with E-state index in [2.05, 4.69) is 18.3 Å². The molecular weight excluding hydrogens is 614 g/mol. The highest BCUT2D eigenvalue weighted by molar-refractivity contribution is 7.61. The Balaban J connectivity index is 1.42. The van der Waals surface area contributed by atoms with Gasteiger partial charge in [-0.05, 0) is 5.56 Å². The SMILES string of the molecule is O=c1[nH]c(=O)n([C@@H]2O[C@H](COP(=O)(O)OP(=O)(O)O[C@H]3O[C@H](CO)[C@@H](O)[C@H](O)[C@H]3O)[C@@H](O)[C@H]2O)cc1-c1ccccc1. The van der Waals surface area contributed by atoms with Crippen LogP contribution >= 0.6 is 15.6 Å². The maximum absolute atomic E-state index is 12.5. The number of phosphoric acid groups is 2. The van der Waals surface area contributed by atoms with Crippen molar-refractivity contribution in [3.8, 4) is 11.1 Å². The fraction of sp³-hybridized carbons (Fsp3) is 0.524. The highest BCUT2D eigenvalue weighted by Gasteiger charge is 2.49. The van der Waals surface area contributed by atoms with E-state index in [-0.39, 0.29) is 5.56 Å². The summed E-state index contributed by atoms with van der Waals surface area (Å²) >= 11 is 0. The summed E-state index contributed by atoms with van der Waals surface area (Å²) in [6, 6.07) is 8.13. The minimum Gasteiger partial charge on any atom is -0.394 e. The van der Waals surface area contributed by atoms with E-state index in [0.717, 1.165) is 10.8 Å². The van der Waals surface area contributed by atoms with E-state index in [0.29, 0.717) is 5.56 Å². The van der Waals surface area contributed by atoms with Gasteiger partial charge in [-0.25, -0.2) is 13.9 Å². The number of nitrogens with zero attached hydrogens (tertiary/aromatic N) is 1. The number of aliphatic hydroxyl groups is 6. The van der Waals surface area contributed by atoms with Crippen molar-refractivity contribution in [1.82, 2.24) is 9.55 Å². The molecule has 3 heterocycles. The van der Waals surface area contributed by atoms with E-state index in [9.17, 15) is 59.1 Å². The van der Waals surface area contributed by atoms with Gasteiger partial charge < -0.3 is 49.9 Å². The van der Waals surface area contributed by atoms with Crippen LogP contribution in [-0.4, -0.2) is 112 Å². The van der Waals surface area contributed by atoms with Crippen LogP contribution in [0.15, 0.2) is 46.1 Å². The van der Waals surface area contributed by atoms with Gasteiger partial charge in [0.1, 0.15) is 42.7 Å². The molecule has 2 fully saturated rings. The second kappa shape index (κ2) is 12.8. The maximum Gasteiger partial charge on any atom is 0.483 e. The Kier molecular flexibility index (Phi) is 10.0. The van der Waals surface area contributed by atoms with Crippen LogP contribution in [-0.2, 0) is 32.0 Å². The zero-order chi connectivity index (χ0) is 31.0. The van der Waals surface area contributed by atoms with Crippen LogP contribution < -0.4 is 11.2 Å². The fourth-order valence-electron chi connectivity index (χ4n) is 4.22. The lowest BCUT2D eigenvalue weighted by Gasteiger charge is -2.39. The van der Waals surface area contributed by atoms with Crippen molar-refractivity contribution < 1.29 is 72.4 Å². The number of hydrogen-bond acceptors (Lipinski definition) is 15. The number of hydrogen-bond donors (Lipinski definition) is 9. The summed E-state index contributed by atoms with van der Waals surface area (Å²) in [4.78, 5) is 46.7. The first kappa shape index (κ1) is 32.7. The lowest BCUT2D eigenvalue weighted by atomic mass is 10.00. The van der Waals surface area contributed by atoms with Crippen molar-refractivity contribution >= 4 is 15.6 Å². The molecule has 9 N–H and O–H groups in total. The first-order chi connectivity index (χ1) is 19.6. The fourth-order valence-corrected chi connectivity index (χ4v) is 6.38. The Hall–Kier alpha value is -2.16. The molecule has 0 spiro atoms. The number of benzene rings is 1. The smallest absolute Gasteiger partial charge is 0.394 e. The Morgan fingerprint density at radius 3 is 2.14 bits per heavy atom. The minimum absolute atomic E-state index is 0.0200. The van der Waals surface area contributed by atoms with Gasteiger partial charge in [0.05, 0.1) is 18.8 Å². The third kappa shape index (κ3) is 7.13. The molecule has 2 aromatic rings. The van der Waals surface area contributed by atoms with Crippen LogP contribution in [0.1, 0.15) is 6.23 Å². The summed E-state index contributed by atoms with van der Waals surface area (Å²) in [6.45, 7) is -1.95. The van der Waals surface area contributed by atoms with E-state index in [4.69, 9.17) is 9.47 Å². The number of H-pyrrole nitrogens is 1. The molecule has 0 radical (unpaired) electrons. The summed E-state index contributed by atoms with van der Waals surface area (Å²) in [5.41, 5.74) is -1.32. The van der Waals surface area contributed by atoms with Crippen LogP contribution in [0.3, 0.4) is 0 Å². The van der Waals surface area contributed by atoms with Gasteiger partial charge in [0.25, 0.3) is 5.56 Å². The highest BCUT2D eigenvalue weighted by atomic mass is 31.3. The lowest BCUT2D eigenvalue weighted by molar-refractivity contribution is -0.280. The molecular formula is C21H28N2O17P2. The quantitative estimate of drug-likeness (QED) is 0.116. The highest BCUT2D eigenvalue weighted by Crippen LogP contribution is 2.61. The lowest BCUT2D eigenvalue weighted by Crippen LogP contribution is -2.58. The van der Waals surface area contributed by atoms with Gasteiger partial charge in [-0.3, -0.25) is 23.4 Å². The molecule has 42 heavy (non-hydrogen) atoms. The molecule has 1 aromatic heterocycles. The molecule has 2 aliphatic rings. The van der Waals surface area contributed by atoms with Gasteiger partial charge in [0.2, 0.25) is 0 Å². The van der Waals surface area contributed by atoms with Crippen LogP contribution in [0, 0.1) is 0 Å². The van der Waals surface area contributed by atoms with Crippen molar-refractivity contribution in [2.45, 2.75) is 55.2 Å². The molecule has 2 aliphatic heterocycles. The Morgan fingerprint density at radius 2 is 1.50 bits per heavy atom. The molecule has 11 atom stereocenters. The molecule has 19 nitrogen and oxygen atoms in total. The average Bonchev–Trinajstić information content (AvgIpc) is 3.20. The third-order valence-corrected chi connectivity index (χ3v) is 8.96. The molecule has 0 bridgehead atoms. The number of aromatic nitrogens is 2. The molecule has 21 heteroatoms. The van der Waals surface area contributed by atoms with Gasteiger partial charge in [-0.2, -0.15) is 4.31 Å². The Bertz CT molecular complexity index is 1450. The number of ether oxygens (including phenoxy) is 2. The number of aliphatic hydroxyl groups excluding tert-OH is 6. The summed E-state index contributed by atoms with van der Waals surface area (Å²) in [7, 11) is -11.2. The molecule has 0 amide bonds. The molecule has 0 saturated carbocycles. The summed E-state index contributed by atoms with van der Waals surface area (Å²) in [5.74, 6) is 0. The van der Waals surface area contributed by atoms with Crippen LogP contribution in [0.25, 0.3) is 11.1 Å². The van der Waals surface area contributed by atoms with Crippen molar-refractivity contribution in [2.24, 2.45) is 0 Å². The van der Waals surface area contributed by atoms with E-state index in [1.165, 1.54) is 0 Å². The molecule has 0 aliphatic carbocycles. The Labute approximate surface area is 234 Å². The standard InChI is InChI=1S/C21H28N2O17P2/c24-7-11-13(25)15(27)17(29)20(38-11)39-42(34,35)40-41(32,33)36-8-12-14(26)16(28)19(37-12)23-6-10(18(30)22-21(23)31)9-4-2-1-3-5-9/h1-6,11-17,19-20,24-29H,7-8H2,(H,32,33)(H,34,35)(H,22,30,31)/t11-,12-,13-,14-,15+,16-,17-,19-,20-/m1/s1. The second-order valence-corrected chi connectivity index (χ2v) is 12.2. The first-order valence-corrected chi connectivity index (χ1v) is 15.1. The van der Waals surface area contributed by atoms with Crippen LogP contribution in [0.4, 0.5) is 0 Å². The average molecular weight is 642 g/mol. The number of nitrogens with one attached hydrogen (secondary N) is 1. The number of phosphoric ester groups is 2. The maximum atomic E-state index is 12.5. The zero-order valence-corrected chi connectivity index (χ0v) is 23.0. The normalized spacial score (nSPS) is 34.5. The predicted molar refractivity (Wildman–Crippen MR) is 134 cm³/mol. The van der Waals surface area contributed by atoms with Gasteiger partial charge >= 0.3 is 21.3 Å². The Morgan fingerprint density at radius 1 is 0.857 bits per heavy atom. The third-order valence-electron chi connectivity index (χ3n) is 6.36. The second-order valence-electron chi connectivity index (χ2n) is 9.24. The van der Waals surface area contributed by atoms with E-state index in [1.807, 2.05) is 0 Å². The molecule has 234 valence electrons. The molecule has 2 saturated heterocycles. The summed E-state index contributed by atoms with van der Waals surface area (Å²) in [6.07, 6.45) is -15.5. The van der Waals surface area contributed by atoms with Crippen molar-refractivity contribution in [3.05, 3.63) is 57.4 Å². The minimum atomic E-state index is -5.63. The van der Waals surface area contributed by atoms with E-state index >= 15 is 0 Å². The van der Waals surface area contributed by atoms with E-state index in [1.54, 1.807) is 30.3 Å². The zero-order valence-electron chi connectivity index (χ0n) is 21.2. The van der Waals surface area contributed by atoms with Crippen LogP contribution in [0.2, 0.25) is 0 Å². The van der Waals surface area contributed by atoms with Gasteiger partial charge in [-0.15, -0.1) is 0 Å². The predicted octanol–water partition coefficient (Wildman–Crippen LogP) is -3.13. The van der Waals surface area contributed by atoms with Gasteiger partial charge in [0.15, 0.2) is 12.5 Å². The van der Waals surface area contributed by atoms with Crippen molar-refractivity contribution in [2.75, 3.05) is 13.2 Å².